The van der Waals surface area contributed by atoms with Gasteiger partial charge in [0.15, 0.2) is 11.5 Å². The van der Waals surface area contributed by atoms with E-state index < -0.39 is 0 Å². The summed E-state index contributed by atoms with van der Waals surface area (Å²) in [5, 5.41) is 3.19. The fourth-order valence-electron chi connectivity index (χ4n) is 6.75. The van der Waals surface area contributed by atoms with Crippen molar-refractivity contribution in [2.75, 3.05) is 20.2 Å². The molecule has 2 aliphatic carbocycles. The van der Waals surface area contributed by atoms with Crippen LogP contribution in [0.2, 0.25) is 0 Å². The van der Waals surface area contributed by atoms with Crippen LogP contribution in [-0.2, 0) is 21.4 Å². The molecule has 6 heteroatoms. The summed E-state index contributed by atoms with van der Waals surface area (Å²) in [4.78, 5) is 25.7. The number of piperidine rings is 1. The van der Waals surface area contributed by atoms with E-state index in [0.29, 0.717) is 31.4 Å². The Labute approximate surface area is 178 Å². The lowest BCUT2D eigenvalue weighted by molar-refractivity contribution is -0.122. The van der Waals surface area contributed by atoms with Crippen LogP contribution in [0.4, 0.5) is 0 Å². The summed E-state index contributed by atoms with van der Waals surface area (Å²) in [5.41, 5.74) is 2.69. The summed E-state index contributed by atoms with van der Waals surface area (Å²) >= 11 is 0. The molecule has 1 saturated carbocycles. The molecule has 4 aliphatic rings. The Morgan fingerprint density at radius 2 is 2.13 bits per heavy atom. The van der Waals surface area contributed by atoms with Crippen LogP contribution < -0.4 is 14.8 Å². The normalized spacial score (nSPS) is 33.4. The Bertz CT molecular complexity index is 884. The number of benzene rings is 1. The molecule has 1 N–H and O–H groups in total. The van der Waals surface area contributed by atoms with Crippen molar-refractivity contribution in [2.24, 2.45) is 5.92 Å². The quantitative estimate of drug-likeness (QED) is 0.728. The van der Waals surface area contributed by atoms with Crippen LogP contribution in [-0.4, -0.2) is 55.0 Å². The predicted molar refractivity (Wildman–Crippen MR) is 113 cm³/mol. The fraction of sp³-hybridized carbons (Fsp3) is 0.667. The highest BCUT2D eigenvalue weighted by Gasteiger charge is 2.65. The molecule has 0 radical (unpaired) electrons. The van der Waals surface area contributed by atoms with Crippen molar-refractivity contribution < 1.29 is 19.1 Å². The first-order valence-corrected chi connectivity index (χ1v) is 11.3. The minimum atomic E-state index is -0.0375. The van der Waals surface area contributed by atoms with Gasteiger partial charge in [-0.15, -0.1) is 0 Å². The number of hydrogen-bond donors (Lipinski definition) is 1. The highest BCUT2D eigenvalue weighted by molar-refractivity contribution is 5.75. The Kier molecular flexibility index (Phi) is 4.80. The molecular formula is C24H32N2O4. The molecule has 162 valence electrons. The Balaban J connectivity index is 1.54. The molecule has 1 unspecified atom stereocenters. The number of ether oxygens (including phenoxy) is 2. The van der Waals surface area contributed by atoms with E-state index in [9.17, 15) is 9.59 Å². The van der Waals surface area contributed by atoms with Crippen molar-refractivity contribution in [2.45, 2.75) is 76.0 Å². The van der Waals surface area contributed by atoms with Crippen LogP contribution in [0.15, 0.2) is 12.1 Å². The van der Waals surface area contributed by atoms with E-state index in [0.717, 1.165) is 43.7 Å². The molecule has 1 aromatic carbocycles. The molecule has 2 bridgehead atoms. The number of Topliss-reactive ketones (excluding diaryl/α,β-unsaturated/α-hetero) is 1. The zero-order valence-corrected chi connectivity index (χ0v) is 18.2. The largest absolute Gasteiger partial charge is 0.490 e. The maximum atomic E-state index is 11.9. The van der Waals surface area contributed by atoms with Gasteiger partial charge >= 0.3 is 0 Å². The molecule has 1 amide bonds. The first-order valence-electron chi connectivity index (χ1n) is 11.3. The van der Waals surface area contributed by atoms with Crippen LogP contribution in [0.1, 0.15) is 57.1 Å². The van der Waals surface area contributed by atoms with Crippen LogP contribution in [0, 0.1) is 5.92 Å². The van der Waals surface area contributed by atoms with Crippen molar-refractivity contribution in [1.82, 2.24) is 10.2 Å². The Morgan fingerprint density at radius 1 is 1.30 bits per heavy atom. The number of likely N-dealkylation sites (N-methyl/N-ethyl adjacent to an activating group) is 1. The van der Waals surface area contributed by atoms with E-state index in [1.807, 2.05) is 6.07 Å². The summed E-state index contributed by atoms with van der Waals surface area (Å²) in [5.74, 6) is 2.43. The molecule has 5 atom stereocenters. The molecule has 1 spiro atoms. The number of carbonyl (C=O) groups excluding carboxylic acids is 2. The third-order valence-electron chi connectivity index (χ3n) is 7.90. The maximum Gasteiger partial charge on any atom is 0.217 e. The molecule has 1 saturated heterocycles. The summed E-state index contributed by atoms with van der Waals surface area (Å²) in [6.45, 7) is 4.77. The van der Waals surface area contributed by atoms with E-state index in [1.54, 1.807) is 13.8 Å². The molecular weight excluding hydrogens is 380 g/mol. The van der Waals surface area contributed by atoms with Crippen molar-refractivity contribution in [3.63, 3.8) is 0 Å². The number of likely N-dealkylation sites (tertiary alicyclic amines) is 1. The van der Waals surface area contributed by atoms with Crippen molar-refractivity contribution in [3.8, 4) is 11.5 Å². The van der Waals surface area contributed by atoms with E-state index >= 15 is 0 Å². The molecule has 2 aliphatic heterocycles. The molecule has 1 aromatic rings. The van der Waals surface area contributed by atoms with Gasteiger partial charge in [0.1, 0.15) is 11.9 Å². The lowest BCUT2D eigenvalue weighted by Crippen LogP contribution is -2.68. The number of amides is 1. The van der Waals surface area contributed by atoms with Gasteiger partial charge in [-0.25, -0.2) is 0 Å². The van der Waals surface area contributed by atoms with Gasteiger partial charge < -0.3 is 24.5 Å². The highest BCUT2D eigenvalue weighted by Crippen LogP contribution is 2.63. The van der Waals surface area contributed by atoms with Crippen molar-refractivity contribution in [1.29, 1.82) is 0 Å². The number of nitrogens with zero attached hydrogens (tertiary/aromatic N) is 1. The van der Waals surface area contributed by atoms with Gasteiger partial charge in [0.2, 0.25) is 5.91 Å². The molecule has 2 heterocycles. The SMILES string of the molecule is CC(=O)CCCOc1ccc2c3c1O[C@H]1[C@@H](NC(C)=O)CCC4[C@@H](C2)N(C)CC[C@@]341. The zero-order valence-electron chi connectivity index (χ0n) is 18.2. The monoisotopic (exact) mass is 412 g/mol. The molecule has 30 heavy (non-hydrogen) atoms. The second kappa shape index (κ2) is 7.26. The standard InChI is InChI=1S/C24H32N2O4/c1-14(27)5-4-12-29-20-9-6-16-13-19-17-7-8-18(25-15(2)28)23-24(17,10-11-26(19)3)21(16)22(20)30-23/h6,9,17-19,23H,4-5,7-8,10-13H2,1-3H3,(H,25,28)/t17?,18-,19+,23-,24-/m0/s1. The first-order chi connectivity index (χ1) is 14.4. The van der Waals surface area contributed by atoms with Crippen LogP contribution >= 0.6 is 0 Å². The molecule has 2 fully saturated rings. The second-order valence-corrected chi connectivity index (χ2v) is 9.65. The minimum absolute atomic E-state index is 0.00984. The van der Waals surface area contributed by atoms with Crippen molar-refractivity contribution in [3.05, 3.63) is 23.3 Å². The number of ketones is 1. The molecule has 6 nitrogen and oxygen atoms in total. The van der Waals surface area contributed by atoms with Gasteiger partial charge in [0, 0.05) is 30.4 Å². The molecule has 5 rings (SSSR count). The lowest BCUT2D eigenvalue weighted by atomic mass is 9.51. The zero-order chi connectivity index (χ0) is 21.0. The van der Waals surface area contributed by atoms with Gasteiger partial charge in [-0.3, -0.25) is 4.79 Å². The Hall–Kier alpha value is -2.08. The van der Waals surface area contributed by atoms with Crippen LogP contribution in [0.25, 0.3) is 0 Å². The maximum absolute atomic E-state index is 11.9. The van der Waals surface area contributed by atoms with E-state index in [1.165, 1.54) is 11.1 Å². The number of nitrogens with one attached hydrogen (secondary N) is 1. The van der Waals surface area contributed by atoms with Crippen LogP contribution in [0.3, 0.4) is 0 Å². The summed E-state index contributed by atoms with van der Waals surface area (Å²) in [6.07, 6.45) is 5.39. The van der Waals surface area contributed by atoms with Gasteiger partial charge in [0.05, 0.1) is 12.6 Å². The average molecular weight is 413 g/mol. The summed E-state index contributed by atoms with van der Waals surface area (Å²) in [7, 11) is 2.25. The number of carbonyl (C=O) groups is 2. The van der Waals surface area contributed by atoms with Gasteiger partial charge in [-0.2, -0.15) is 0 Å². The molecule has 0 aromatic heterocycles. The Morgan fingerprint density at radius 3 is 2.90 bits per heavy atom. The minimum Gasteiger partial charge on any atom is -0.490 e. The second-order valence-electron chi connectivity index (χ2n) is 9.65. The smallest absolute Gasteiger partial charge is 0.217 e. The van der Waals surface area contributed by atoms with E-state index in [-0.39, 0.29) is 29.3 Å². The van der Waals surface area contributed by atoms with Crippen LogP contribution in [0.5, 0.6) is 11.5 Å². The summed E-state index contributed by atoms with van der Waals surface area (Å²) in [6, 6.07) is 4.83. The van der Waals surface area contributed by atoms with Gasteiger partial charge in [-0.1, -0.05) is 6.07 Å². The lowest BCUT2D eigenvalue weighted by Gasteiger charge is -2.59. The fourth-order valence-corrected chi connectivity index (χ4v) is 6.75. The predicted octanol–water partition coefficient (Wildman–Crippen LogP) is 2.61. The third-order valence-corrected chi connectivity index (χ3v) is 7.90. The van der Waals surface area contributed by atoms with Gasteiger partial charge in [0.25, 0.3) is 0 Å². The average Bonchev–Trinajstić information content (AvgIpc) is 3.05. The number of hydrogen-bond acceptors (Lipinski definition) is 5. The summed E-state index contributed by atoms with van der Waals surface area (Å²) < 4.78 is 12.8. The first kappa shape index (κ1) is 19.9. The highest BCUT2D eigenvalue weighted by atomic mass is 16.5. The topological polar surface area (TPSA) is 67.9 Å². The van der Waals surface area contributed by atoms with Crippen molar-refractivity contribution >= 4 is 11.7 Å². The van der Waals surface area contributed by atoms with E-state index in [2.05, 4.69) is 23.3 Å². The van der Waals surface area contributed by atoms with E-state index in [4.69, 9.17) is 9.47 Å². The van der Waals surface area contributed by atoms with Gasteiger partial charge in [-0.05, 0) is 70.2 Å². The number of rotatable bonds is 6. The third kappa shape index (κ3) is 2.87.